The summed E-state index contributed by atoms with van der Waals surface area (Å²) in [6.07, 6.45) is 10.6. The van der Waals surface area contributed by atoms with Crippen LogP contribution < -0.4 is 49.3 Å². The molecular formula is C57H117N9O19. The van der Waals surface area contributed by atoms with Crippen LogP contribution in [0.1, 0.15) is 223 Å². The van der Waals surface area contributed by atoms with E-state index >= 15 is 0 Å². The normalized spacial score (nSPS) is 13.9. The zero-order valence-electron chi connectivity index (χ0n) is 56.1. The molecule has 0 radical (unpaired) electrons. The van der Waals surface area contributed by atoms with Gasteiger partial charge in [0.15, 0.2) is 0 Å². The molecule has 10 N–H and O–H groups in total. The molecule has 504 valence electrons. The van der Waals surface area contributed by atoms with Crippen molar-refractivity contribution in [1.82, 2.24) is 49.3 Å². The molecule has 0 aromatic heterocycles. The molecule has 0 heterocycles. The van der Waals surface area contributed by atoms with Gasteiger partial charge in [-0.15, -0.1) is 0 Å². The van der Waals surface area contributed by atoms with Gasteiger partial charge >= 0.3 is 0 Å². The number of rotatable bonds is 28. The van der Waals surface area contributed by atoms with Crippen LogP contribution >= 0.6 is 0 Å². The van der Waals surface area contributed by atoms with Crippen LogP contribution in [-0.4, -0.2) is 122 Å². The smallest absolute Gasteiger partial charge is 0.240 e. The van der Waals surface area contributed by atoms with Gasteiger partial charge in [0.05, 0.1) is 57.5 Å². The second-order valence-corrected chi connectivity index (χ2v) is 22.6. The van der Waals surface area contributed by atoms with Crippen molar-refractivity contribution in [3.63, 3.8) is 0 Å². The lowest BCUT2D eigenvalue weighted by atomic mass is 10.1. The highest BCUT2D eigenvalue weighted by atomic mass is 16.7. The topological polar surface area (TPSA) is 365 Å². The molecule has 0 spiro atoms. The summed E-state index contributed by atoms with van der Waals surface area (Å²) in [5, 5.41) is 8.37. The number of carbonyl (C=O) groups excluding carboxylic acids is 9. The molecule has 3 rings (SSSR count). The van der Waals surface area contributed by atoms with Crippen molar-refractivity contribution in [2.24, 2.45) is 28.6 Å². The van der Waals surface area contributed by atoms with Gasteiger partial charge in [-0.2, -0.15) is 0 Å². The third-order valence-electron chi connectivity index (χ3n) is 10.3. The van der Waals surface area contributed by atoms with Crippen molar-refractivity contribution in [2.75, 3.05) is 46.2 Å². The Hall–Kier alpha value is -5.17. The van der Waals surface area contributed by atoms with Crippen molar-refractivity contribution in [2.45, 2.75) is 241 Å². The standard InChI is InChI=1S/C8H15NO2.2C7H13NO2.C7H15NO2.3C6H13NO2.C5H11NO3.C5H11NO2/c1-3-8(4-5-8)6-11-9-7(2)10;1-6(9)8-10-5-7(2)3-4-7;1-3-7(4-5-7)10-8-6(2)9;1-5-7(3,4)10-8-6(2)9;3*1-5(2)4-9-7-6(3)8;1-4(3-7)9-6-5(2)8;1-3-4-8-6-5(2)7/h3-6H2,1-2H3,(H,9,10);2*3-5H2,1-2H3,(H,8,9);5H2,1-4H3,(H,8,9);3*5H,4H2,1-3H3,(H,7,8);4,7H,3H2,1-2H3,(H,6,8);3-4H2,1-2H3,(H,6,7). The summed E-state index contributed by atoms with van der Waals surface area (Å²) < 4.78 is 0. The molecule has 28 heteroatoms. The van der Waals surface area contributed by atoms with E-state index < -0.39 is 0 Å². The summed E-state index contributed by atoms with van der Waals surface area (Å²) in [7, 11) is 0. The summed E-state index contributed by atoms with van der Waals surface area (Å²) in [5.74, 6) is -0.0800. The van der Waals surface area contributed by atoms with E-state index in [0.717, 1.165) is 38.5 Å². The van der Waals surface area contributed by atoms with E-state index in [-0.39, 0.29) is 77.1 Å². The number of hydrogen-bond acceptors (Lipinski definition) is 19. The fraction of sp³-hybridized carbons (Fsp3) is 0.842. The molecule has 0 aliphatic heterocycles. The van der Waals surface area contributed by atoms with Crippen molar-refractivity contribution in [1.29, 1.82) is 0 Å². The number of hydrogen-bond donors (Lipinski definition) is 10. The van der Waals surface area contributed by atoms with Crippen LogP contribution in [0, 0.1) is 28.6 Å². The maximum Gasteiger partial charge on any atom is 0.240 e. The Balaban J connectivity index is -0.000000207. The number of hydroxylamine groups is 9. The van der Waals surface area contributed by atoms with Gasteiger partial charge in [0.2, 0.25) is 53.2 Å². The fourth-order valence-electron chi connectivity index (χ4n) is 4.27. The van der Waals surface area contributed by atoms with Gasteiger partial charge in [0.25, 0.3) is 0 Å². The molecule has 0 aromatic rings. The van der Waals surface area contributed by atoms with Crippen molar-refractivity contribution in [3.05, 3.63) is 0 Å². The Kier molecular flexibility index (Phi) is 59.3. The molecule has 3 saturated carbocycles. The van der Waals surface area contributed by atoms with Gasteiger partial charge in [-0.3, -0.25) is 86.7 Å². The third kappa shape index (κ3) is 83.1. The summed E-state index contributed by atoms with van der Waals surface area (Å²) in [4.78, 5) is 136. The van der Waals surface area contributed by atoms with Crippen LogP contribution in [0.3, 0.4) is 0 Å². The highest BCUT2D eigenvalue weighted by Crippen LogP contribution is 2.48. The minimum absolute atomic E-state index is 0.00826. The molecule has 1 unspecified atom stereocenters. The first-order chi connectivity index (χ1) is 39.3. The van der Waals surface area contributed by atoms with E-state index in [2.05, 4.69) is 79.8 Å². The summed E-state index contributed by atoms with van der Waals surface area (Å²) in [6, 6.07) is 0. The molecule has 85 heavy (non-hydrogen) atoms. The monoisotopic (exact) mass is 1230 g/mol. The van der Waals surface area contributed by atoms with Crippen LogP contribution in [0.4, 0.5) is 0 Å². The fourth-order valence-corrected chi connectivity index (χ4v) is 4.27. The maximum atomic E-state index is 10.4. The number of aliphatic hydroxyl groups is 1. The molecule has 9 amide bonds. The first-order valence-corrected chi connectivity index (χ1v) is 29.0. The lowest BCUT2D eigenvalue weighted by Crippen LogP contribution is -2.33. The summed E-state index contributed by atoms with van der Waals surface area (Å²) in [6.45, 7) is 44.2. The highest BCUT2D eigenvalue weighted by Gasteiger charge is 2.43. The minimum Gasteiger partial charge on any atom is -0.394 e. The van der Waals surface area contributed by atoms with Crippen LogP contribution in [0.15, 0.2) is 0 Å². The van der Waals surface area contributed by atoms with Gasteiger partial charge in [0, 0.05) is 62.3 Å². The average Bonchev–Trinajstić information content (AvgIpc) is 4.42. The predicted molar refractivity (Wildman–Crippen MR) is 321 cm³/mol. The zero-order chi connectivity index (χ0) is 67.3. The quantitative estimate of drug-likeness (QED) is 0.0300. The molecule has 0 aromatic carbocycles. The van der Waals surface area contributed by atoms with E-state index in [1.54, 1.807) is 6.92 Å². The van der Waals surface area contributed by atoms with Crippen LogP contribution in [0.2, 0.25) is 0 Å². The SMILES string of the molecule is CC(=O)NOC(C)CO.CC(=O)NOCC(C)C.CC(=O)NOCC(C)C.CC(=O)NOCC(C)C.CC(=O)NOCC1(C)CC1.CCC(C)(C)ONC(C)=O.CCC1(CONC(C)=O)CC1.CCC1(ONC(C)=O)CC1.CCCONC(C)=O. The molecule has 1 atom stereocenters. The van der Waals surface area contributed by atoms with Crippen molar-refractivity contribution >= 4 is 53.2 Å². The Morgan fingerprint density at radius 3 is 1.05 bits per heavy atom. The summed E-state index contributed by atoms with van der Waals surface area (Å²) in [5.41, 5.74) is 20.8. The highest BCUT2D eigenvalue weighted by molar-refractivity contribution is 5.73. The largest absolute Gasteiger partial charge is 0.394 e. The zero-order valence-corrected chi connectivity index (χ0v) is 56.1. The van der Waals surface area contributed by atoms with Crippen molar-refractivity contribution in [3.8, 4) is 0 Å². The second kappa shape index (κ2) is 55.4. The summed E-state index contributed by atoms with van der Waals surface area (Å²) >= 11 is 0. The van der Waals surface area contributed by atoms with Crippen LogP contribution in [0.5, 0.6) is 0 Å². The maximum absolute atomic E-state index is 10.4. The minimum atomic E-state index is -0.339. The van der Waals surface area contributed by atoms with E-state index in [9.17, 15) is 43.2 Å². The van der Waals surface area contributed by atoms with Crippen LogP contribution in [0.25, 0.3) is 0 Å². The first-order valence-electron chi connectivity index (χ1n) is 29.0. The molecule has 28 nitrogen and oxygen atoms in total. The second-order valence-electron chi connectivity index (χ2n) is 22.6. The van der Waals surface area contributed by atoms with E-state index in [1.165, 1.54) is 88.0 Å². The third-order valence-corrected chi connectivity index (χ3v) is 10.3. The molecule has 3 aliphatic carbocycles. The Labute approximate surface area is 508 Å². The van der Waals surface area contributed by atoms with Gasteiger partial charge < -0.3 is 5.11 Å². The van der Waals surface area contributed by atoms with E-state index in [4.69, 9.17) is 39.0 Å². The average molecular weight is 1230 g/mol. The van der Waals surface area contributed by atoms with Crippen molar-refractivity contribution < 1.29 is 91.8 Å². The lowest BCUT2D eigenvalue weighted by molar-refractivity contribution is -0.146. The predicted octanol–water partition coefficient (Wildman–Crippen LogP) is 6.37. The van der Waals surface area contributed by atoms with E-state index in [1.807, 2.05) is 69.2 Å². The Morgan fingerprint density at radius 1 is 0.447 bits per heavy atom. The molecular weight excluding hydrogens is 1110 g/mol. The number of carbonyl (C=O) groups is 9. The lowest BCUT2D eigenvalue weighted by Gasteiger charge is -2.21. The first kappa shape index (κ1) is 91.0. The van der Waals surface area contributed by atoms with E-state index in [0.29, 0.717) is 68.2 Å². The number of nitrogens with one attached hydrogen (secondary N) is 9. The van der Waals surface area contributed by atoms with Gasteiger partial charge in [-0.1, -0.05) is 76.2 Å². The molecule has 3 fully saturated rings. The molecule has 3 aliphatic rings. The van der Waals surface area contributed by atoms with Gasteiger partial charge in [0.1, 0.15) is 6.10 Å². The Bertz CT molecular complexity index is 1700. The van der Waals surface area contributed by atoms with Gasteiger partial charge in [-0.05, 0) is 114 Å². The molecule has 0 bridgehead atoms. The van der Waals surface area contributed by atoms with Crippen LogP contribution in [-0.2, 0) is 86.7 Å². The molecule has 0 saturated heterocycles. The van der Waals surface area contributed by atoms with Gasteiger partial charge in [-0.25, -0.2) is 49.3 Å². The number of aliphatic hydroxyl groups excluding tert-OH is 1. The number of amides is 9. The Morgan fingerprint density at radius 2 is 0.788 bits per heavy atom.